The van der Waals surface area contributed by atoms with Gasteiger partial charge in [0.1, 0.15) is 11.2 Å². The molecule has 1 heterocycles. The Balaban J connectivity index is 1.11. The summed E-state index contributed by atoms with van der Waals surface area (Å²) in [5, 5.41) is 111. The smallest absolute Gasteiger partial charge is 0.208 e. The molecule has 11 heteroatoms. The third-order valence-corrected chi connectivity index (χ3v) is 11.0. The Hall–Kier alpha value is -8.18. The highest BCUT2D eigenvalue weighted by molar-refractivity contribution is 6.28. The van der Waals surface area contributed by atoms with Crippen LogP contribution in [0, 0.1) is 0 Å². The number of hydrogen-bond donors (Lipinski definition) is 10. The van der Waals surface area contributed by atoms with Crippen molar-refractivity contribution in [3.8, 4) is 102 Å². The van der Waals surface area contributed by atoms with Crippen LogP contribution >= 0.6 is 0 Å². The second kappa shape index (κ2) is 11.7. The van der Waals surface area contributed by atoms with Gasteiger partial charge in [0.15, 0.2) is 23.0 Å². The normalized spacial score (nSPS) is 11.9. The van der Waals surface area contributed by atoms with E-state index in [9.17, 15) is 51.1 Å². The average Bonchev–Trinajstić information content (AvgIpc) is 3.63. The summed E-state index contributed by atoms with van der Waals surface area (Å²) in [6.45, 7) is 0. The van der Waals surface area contributed by atoms with Crippen LogP contribution in [-0.2, 0) is 0 Å². The molecule has 0 aliphatic heterocycles. The number of rotatable bonds is 4. The molecule has 0 spiro atoms. The Morgan fingerprint density at radius 1 is 0.298 bits per heavy atom. The number of hydrogen-bond acceptors (Lipinski definition) is 11. The van der Waals surface area contributed by atoms with Gasteiger partial charge in [-0.2, -0.15) is 0 Å². The number of furan rings is 1. The van der Waals surface area contributed by atoms with Crippen molar-refractivity contribution in [1.82, 2.24) is 0 Å². The Morgan fingerprint density at radius 2 is 0.719 bits per heavy atom. The zero-order valence-electron chi connectivity index (χ0n) is 29.3. The maximum Gasteiger partial charge on any atom is 0.208 e. The molecule has 0 saturated carbocycles. The summed E-state index contributed by atoms with van der Waals surface area (Å²) in [7, 11) is 0. The van der Waals surface area contributed by atoms with Crippen molar-refractivity contribution in [1.29, 1.82) is 0 Å². The van der Waals surface area contributed by atoms with Crippen molar-refractivity contribution in [3.63, 3.8) is 0 Å². The van der Waals surface area contributed by atoms with Gasteiger partial charge in [-0.3, -0.25) is 0 Å². The topological polar surface area (TPSA) is 215 Å². The minimum absolute atomic E-state index is 0.180. The van der Waals surface area contributed by atoms with Crippen LogP contribution in [0.15, 0.2) is 114 Å². The standard InChI is InChI=1S/C46H28O11/c47-36-34(37(48)41(52)44(55)40(36)51)27-18-14-22-12-16-25-23(15-11-21-13-17-26(27)32(22)31(21)25)19-7-9-20(10-8-19)24-3-2-6-30-33(24)28-4-1-5-29(46(28)57-30)35-38(49)42(53)45(56)43(54)39(35)50/h1-18,47-56H. The predicted molar refractivity (Wildman–Crippen MR) is 216 cm³/mol. The van der Waals surface area contributed by atoms with Crippen molar-refractivity contribution >= 4 is 54.3 Å². The Bertz CT molecular complexity index is 3290. The van der Waals surface area contributed by atoms with Gasteiger partial charge in [-0.1, -0.05) is 103 Å². The van der Waals surface area contributed by atoms with E-state index in [4.69, 9.17) is 4.42 Å². The number of aromatic hydroxyl groups is 10. The molecule has 10 N–H and O–H groups in total. The highest BCUT2D eigenvalue weighted by atomic mass is 16.4. The van der Waals surface area contributed by atoms with Crippen LogP contribution in [-0.4, -0.2) is 51.1 Å². The number of fused-ring (bicyclic) bond motifs is 3. The van der Waals surface area contributed by atoms with Gasteiger partial charge >= 0.3 is 0 Å². The third kappa shape index (κ3) is 4.47. The zero-order valence-corrected chi connectivity index (χ0v) is 29.3. The van der Waals surface area contributed by atoms with Crippen LogP contribution in [0.1, 0.15) is 0 Å². The summed E-state index contributed by atoms with van der Waals surface area (Å²) in [6, 6.07) is 34.0. The molecule has 0 fully saturated rings. The molecule has 9 aromatic carbocycles. The van der Waals surface area contributed by atoms with Crippen molar-refractivity contribution in [2.75, 3.05) is 0 Å². The fourth-order valence-corrected chi connectivity index (χ4v) is 8.27. The largest absolute Gasteiger partial charge is 0.504 e. The van der Waals surface area contributed by atoms with Crippen molar-refractivity contribution in [3.05, 3.63) is 109 Å². The quantitative estimate of drug-likeness (QED) is 0.0463. The van der Waals surface area contributed by atoms with E-state index < -0.39 is 57.5 Å². The number of benzene rings is 9. The molecular weight excluding hydrogens is 728 g/mol. The van der Waals surface area contributed by atoms with Gasteiger partial charge in [0, 0.05) is 16.3 Å². The maximum absolute atomic E-state index is 10.8. The molecule has 0 atom stereocenters. The van der Waals surface area contributed by atoms with Crippen molar-refractivity contribution in [2.45, 2.75) is 0 Å². The Morgan fingerprint density at radius 3 is 1.28 bits per heavy atom. The molecule has 11 nitrogen and oxygen atoms in total. The summed E-state index contributed by atoms with van der Waals surface area (Å²) >= 11 is 0. The van der Waals surface area contributed by atoms with Gasteiger partial charge in [-0.25, -0.2) is 0 Å². The second-order valence-corrected chi connectivity index (χ2v) is 13.9. The van der Waals surface area contributed by atoms with E-state index in [0.29, 0.717) is 21.9 Å². The average molecular weight is 757 g/mol. The van der Waals surface area contributed by atoms with Gasteiger partial charge in [0.2, 0.25) is 34.5 Å². The molecule has 10 aromatic rings. The van der Waals surface area contributed by atoms with Crippen LogP contribution in [0.2, 0.25) is 0 Å². The SMILES string of the molecule is Oc1c(O)c(O)c(-c2ccc3ccc4c(-c5ccc(-c6cccc7oc8c(-c9c(O)c(O)c(O)c(O)c9O)cccc8c67)cc5)ccc5ccc2c3c54)c(O)c1O. The molecule has 57 heavy (non-hydrogen) atoms. The summed E-state index contributed by atoms with van der Waals surface area (Å²) in [6.07, 6.45) is 0. The van der Waals surface area contributed by atoms with E-state index in [0.717, 1.165) is 54.6 Å². The van der Waals surface area contributed by atoms with Gasteiger partial charge in [0.25, 0.3) is 0 Å². The zero-order chi connectivity index (χ0) is 39.6. The minimum Gasteiger partial charge on any atom is -0.504 e. The molecule has 0 aliphatic rings. The lowest BCUT2D eigenvalue weighted by atomic mass is 9.86. The lowest BCUT2D eigenvalue weighted by Crippen LogP contribution is -1.91. The van der Waals surface area contributed by atoms with E-state index in [-0.39, 0.29) is 22.3 Å². The van der Waals surface area contributed by atoms with Crippen molar-refractivity contribution in [2.24, 2.45) is 0 Å². The van der Waals surface area contributed by atoms with Gasteiger partial charge in [0.05, 0.1) is 11.1 Å². The second-order valence-electron chi connectivity index (χ2n) is 13.9. The Labute approximate surface area is 320 Å². The van der Waals surface area contributed by atoms with Gasteiger partial charge in [-0.15, -0.1) is 0 Å². The summed E-state index contributed by atoms with van der Waals surface area (Å²) in [4.78, 5) is 0. The van der Waals surface area contributed by atoms with Crippen LogP contribution in [0.3, 0.4) is 0 Å². The summed E-state index contributed by atoms with van der Waals surface area (Å²) < 4.78 is 6.27. The van der Waals surface area contributed by atoms with Crippen LogP contribution in [0.25, 0.3) is 98.8 Å². The van der Waals surface area contributed by atoms with Gasteiger partial charge < -0.3 is 55.5 Å². The summed E-state index contributed by atoms with van der Waals surface area (Å²) in [5.74, 6) is -9.13. The predicted octanol–water partition coefficient (Wildman–Crippen LogP) is 10.2. The Kier molecular flexibility index (Phi) is 6.83. The van der Waals surface area contributed by atoms with E-state index in [2.05, 4.69) is 0 Å². The van der Waals surface area contributed by atoms with E-state index in [1.807, 2.05) is 84.9 Å². The molecule has 1 aromatic heterocycles. The molecule has 0 radical (unpaired) electrons. The van der Waals surface area contributed by atoms with Crippen molar-refractivity contribution < 1.29 is 55.5 Å². The molecular formula is C46H28O11. The third-order valence-electron chi connectivity index (χ3n) is 11.0. The number of phenolic OH excluding ortho intramolecular Hbond substituents is 10. The van der Waals surface area contributed by atoms with Crippen LogP contribution in [0.4, 0.5) is 0 Å². The molecule has 10 rings (SSSR count). The first-order chi connectivity index (χ1) is 27.5. The molecule has 0 unspecified atom stereocenters. The summed E-state index contributed by atoms with van der Waals surface area (Å²) in [5.41, 5.74) is 4.34. The first kappa shape index (κ1) is 33.4. The van der Waals surface area contributed by atoms with E-state index in [1.54, 1.807) is 24.3 Å². The maximum atomic E-state index is 10.8. The van der Waals surface area contributed by atoms with E-state index >= 15 is 0 Å². The van der Waals surface area contributed by atoms with Crippen LogP contribution < -0.4 is 0 Å². The lowest BCUT2D eigenvalue weighted by molar-refractivity contribution is 0.330. The minimum atomic E-state index is -1.05. The highest BCUT2D eigenvalue weighted by Crippen LogP contribution is 2.58. The first-order valence-electron chi connectivity index (χ1n) is 17.6. The highest BCUT2D eigenvalue weighted by Gasteiger charge is 2.28. The number of para-hydroxylation sites is 1. The molecule has 0 bridgehead atoms. The number of phenols is 10. The molecule has 0 saturated heterocycles. The monoisotopic (exact) mass is 756 g/mol. The van der Waals surface area contributed by atoms with Crippen LogP contribution in [0.5, 0.6) is 57.5 Å². The fourth-order valence-electron chi connectivity index (χ4n) is 8.27. The molecule has 0 aliphatic carbocycles. The molecule has 0 amide bonds. The van der Waals surface area contributed by atoms with E-state index in [1.165, 1.54) is 0 Å². The lowest BCUT2D eigenvalue weighted by Gasteiger charge is -2.18. The van der Waals surface area contributed by atoms with Gasteiger partial charge in [-0.05, 0) is 66.2 Å². The fraction of sp³-hybridized carbons (Fsp3) is 0. The first-order valence-corrected chi connectivity index (χ1v) is 17.6. The molecule has 278 valence electrons.